The van der Waals surface area contributed by atoms with E-state index >= 15 is 0 Å². The quantitative estimate of drug-likeness (QED) is 0.772. The van der Waals surface area contributed by atoms with Gasteiger partial charge in [-0.2, -0.15) is 0 Å². The molecule has 0 bridgehead atoms. The molecule has 14 heavy (non-hydrogen) atoms. The van der Waals surface area contributed by atoms with Crippen LogP contribution in [-0.4, -0.2) is 17.3 Å². The number of hydrogen-bond acceptors (Lipinski definition) is 2. The summed E-state index contributed by atoms with van der Waals surface area (Å²) in [7, 11) is 0. The van der Waals surface area contributed by atoms with Gasteiger partial charge in [-0.15, -0.1) is 0 Å². The SMILES string of the molecule is C[C@@H](O)[C@@H](N)Cc1cc(F)cc(F)c1. The van der Waals surface area contributed by atoms with Crippen LogP contribution >= 0.6 is 0 Å². The summed E-state index contributed by atoms with van der Waals surface area (Å²) in [5.41, 5.74) is 6.01. The second kappa shape index (κ2) is 4.48. The highest BCUT2D eigenvalue weighted by molar-refractivity contribution is 5.19. The lowest BCUT2D eigenvalue weighted by Crippen LogP contribution is -2.34. The lowest BCUT2D eigenvalue weighted by molar-refractivity contribution is 0.163. The van der Waals surface area contributed by atoms with Gasteiger partial charge in [-0.1, -0.05) is 0 Å². The van der Waals surface area contributed by atoms with Crippen LogP contribution in [0.15, 0.2) is 18.2 Å². The maximum atomic E-state index is 12.7. The van der Waals surface area contributed by atoms with Gasteiger partial charge < -0.3 is 10.8 Å². The summed E-state index contributed by atoms with van der Waals surface area (Å²) in [6.07, 6.45) is -0.437. The molecule has 0 radical (unpaired) electrons. The monoisotopic (exact) mass is 201 g/mol. The van der Waals surface area contributed by atoms with Crippen LogP contribution in [0.4, 0.5) is 8.78 Å². The molecule has 1 aromatic rings. The second-order valence-electron chi connectivity index (χ2n) is 3.39. The van der Waals surface area contributed by atoms with E-state index in [1.54, 1.807) is 6.92 Å². The van der Waals surface area contributed by atoms with Crippen molar-refractivity contribution in [3.63, 3.8) is 0 Å². The minimum Gasteiger partial charge on any atom is -0.392 e. The Balaban J connectivity index is 2.76. The standard InChI is InChI=1S/C10H13F2NO/c1-6(14)10(13)4-7-2-8(11)5-9(12)3-7/h2-3,5-6,10,14H,4,13H2,1H3/t6-,10+/m1/s1. The van der Waals surface area contributed by atoms with Crippen molar-refractivity contribution < 1.29 is 13.9 Å². The van der Waals surface area contributed by atoms with E-state index in [-0.39, 0.29) is 6.42 Å². The summed E-state index contributed by atoms with van der Waals surface area (Å²) in [6, 6.07) is 2.73. The summed E-state index contributed by atoms with van der Waals surface area (Å²) in [5, 5.41) is 9.11. The smallest absolute Gasteiger partial charge is 0.126 e. The van der Waals surface area contributed by atoms with Crippen molar-refractivity contribution in [2.75, 3.05) is 0 Å². The van der Waals surface area contributed by atoms with Gasteiger partial charge in [0.1, 0.15) is 11.6 Å². The number of hydrogen-bond donors (Lipinski definition) is 2. The first-order valence-electron chi connectivity index (χ1n) is 4.37. The average molecular weight is 201 g/mol. The zero-order valence-corrected chi connectivity index (χ0v) is 7.87. The molecule has 1 aromatic carbocycles. The van der Waals surface area contributed by atoms with Crippen LogP contribution in [0.1, 0.15) is 12.5 Å². The Bertz CT molecular complexity index is 295. The van der Waals surface area contributed by atoms with Crippen LogP contribution in [0.5, 0.6) is 0 Å². The molecule has 4 heteroatoms. The molecule has 2 atom stereocenters. The molecule has 3 N–H and O–H groups in total. The molecule has 0 unspecified atom stereocenters. The third kappa shape index (κ3) is 3.05. The van der Waals surface area contributed by atoms with Crippen LogP contribution in [-0.2, 0) is 6.42 Å². The van der Waals surface area contributed by atoms with Crippen LogP contribution < -0.4 is 5.73 Å². The van der Waals surface area contributed by atoms with E-state index < -0.39 is 23.8 Å². The molecular weight excluding hydrogens is 188 g/mol. The van der Waals surface area contributed by atoms with Crippen molar-refractivity contribution in [2.45, 2.75) is 25.5 Å². The van der Waals surface area contributed by atoms with Gasteiger partial charge >= 0.3 is 0 Å². The topological polar surface area (TPSA) is 46.2 Å². The van der Waals surface area contributed by atoms with E-state index in [1.807, 2.05) is 0 Å². The third-order valence-corrected chi connectivity index (χ3v) is 2.01. The Morgan fingerprint density at radius 3 is 2.21 bits per heavy atom. The van der Waals surface area contributed by atoms with E-state index in [9.17, 15) is 8.78 Å². The van der Waals surface area contributed by atoms with Gasteiger partial charge in [0.15, 0.2) is 0 Å². The molecule has 0 aromatic heterocycles. The van der Waals surface area contributed by atoms with Gasteiger partial charge in [0.2, 0.25) is 0 Å². The third-order valence-electron chi connectivity index (χ3n) is 2.01. The first kappa shape index (κ1) is 11.1. The molecule has 0 aliphatic carbocycles. The predicted molar refractivity (Wildman–Crippen MR) is 49.7 cm³/mol. The fourth-order valence-electron chi connectivity index (χ4n) is 1.17. The average Bonchev–Trinajstić information content (AvgIpc) is 2.01. The van der Waals surface area contributed by atoms with Crippen molar-refractivity contribution in [3.8, 4) is 0 Å². The van der Waals surface area contributed by atoms with Gasteiger partial charge in [0.25, 0.3) is 0 Å². The van der Waals surface area contributed by atoms with Crippen molar-refractivity contribution in [1.82, 2.24) is 0 Å². The molecule has 0 heterocycles. The van der Waals surface area contributed by atoms with Gasteiger partial charge in [0, 0.05) is 12.1 Å². The van der Waals surface area contributed by atoms with Crippen LogP contribution in [0, 0.1) is 11.6 Å². The fraction of sp³-hybridized carbons (Fsp3) is 0.400. The van der Waals surface area contributed by atoms with Gasteiger partial charge in [-0.05, 0) is 31.0 Å². The van der Waals surface area contributed by atoms with Gasteiger partial charge in [0.05, 0.1) is 6.10 Å². The zero-order valence-electron chi connectivity index (χ0n) is 7.87. The lowest BCUT2D eigenvalue weighted by atomic mass is 10.0. The summed E-state index contributed by atoms with van der Waals surface area (Å²) >= 11 is 0. The van der Waals surface area contributed by atoms with Crippen LogP contribution in [0.25, 0.3) is 0 Å². The van der Waals surface area contributed by atoms with Crippen molar-refractivity contribution in [3.05, 3.63) is 35.4 Å². The van der Waals surface area contributed by atoms with E-state index in [4.69, 9.17) is 10.8 Å². The molecule has 0 saturated heterocycles. The normalized spacial score (nSPS) is 15.2. The number of nitrogens with two attached hydrogens (primary N) is 1. The number of aliphatic hydroxyl groups is 1. The molecule has 0 fully saturated rings. The minimum absolute atomic E-state index is 0.256. The van der Waals surface area contributed by atoms with Crippen molar-refractivity contribution >= 4 is 0 Å². The molecule has 1 rings (SSSR count). The molecule has 2 nitrogen and oxygen atoms in total. The predicted octanol–water partition coefficient (Wildman–Crippen LogP) is 1.22. The molecule has 0 saturated carbocycles. The molecule has 0 spiro atoms. The summed E-state index contributed by atoms with van der Waals surface area (Å²) in [5.74, 6) is -1.25. The van der Waals surface area contributed by atoms with E-state index in [2.05, 4.69) is 0 Å². The largest absolute Gasteiger partial charge is 0.392 e. The molecule has 0 aliphatic rings. The summed E-state index contributed by atoms with van der Waals surface area (Å²) < 4.78 is 25.5. The molecule has 78 valence electrons. The van der Waals surface area contributed by atoms with E-state index in [1.165, 1.54) is 12.1 Å². The highest BCUT2D eigenvalue weighted by atomic mass is 19.1. The molecule has 0 amide bonds. The maximum Gasteiger partial charge on any atom is 0.126 e. The van der Waals surface area contributed by atoms with Gasteiger partial charge in [-0.25, -0.2) is 8.78 Å². The Labute approximate surface area is 81.4 Å². The lowest BCUT2D eigenvalue weighted by Gasteiger charge is -2.14. The Morgan fingerprint density at radius 2 is 1.79 bits per heavy atom. The highest BCUT2D eigenvalue weighted by Crippen LogP contribution is 2.10. The number of rotatable bonds is 3. The highest BCUT2D eigenvalue weighted by Gasteiger charge is 2.11. The van der Waals surface area contributed by atoms with E-state index in [0.717, 1.165) is 6.07 Å². The first-order chi connectivity index (χ1) is 6.49. The minimum atomic E-state index is -0.693. The van der Waals surface area contributed by atoms with Crippen LogP contribution in [0.3, 0.4) is 0 Å². The van der Waals surface area contributed by atoms with Gasteiger partial charge in [-0.3, -0.25) is 0 Å². The van der Waals surface area contributed by atoms with Crippen molar-refractivity contribution in [2.24, 2.45) is 5.73 Å². The number of aliphatic hydroxyl groups excluding tert-OH is 1. The second-order valence-corrected chi connectivity index (χ2v) is 3.39. The maximum absolute atomic E-state index is 12.7. The first-order valence-corrected chi connectivity index (χ1v) is 4.37. The van der Waals surface area contributed by atoms with Crippen molar-refractivity contribution in [1.29, 1.82) is 0 Å². The number of benzene rings is 1. The molecule has 0 aliphatic heterocycles. The number of halogens is 2. The summed E-state index contributed by atoms with van der Waals surface area (Å²) in [4.78, 5) is 0. The zero-order chi connectivity index (χ0) is 10.7. The van der Waals surface area contributed by atoms with Crippen LogP contribution in [0.2, 0.25) is 0 Å². The molecular formula is C10H13F2NO. The Hall–Kier alpha value is -1.00. The summed E-state index contributed by atoms with van der Waals surface area (Å²) in [6.45, 7) is 1.54. The Kier molecular flexibility index (Phi) is 3.55. The van der Waals surface area contributed by atoms with E-state index in [0.29, 0.717) is 5.56 Å². The Morgan fingerprint density at radius 1 is 1.29 bits per heavy atom. The fourth-order valence-corrected chi connectivity index (χ4v) is 1.17.